The Kier molecular flexibility index (Phi) is 2.64. The van der Waals surface area contributed by atoms with Gasteiger partial charge in [-0.3, -0.25) is 0 Å². The zero-order valence-electron chi connectivity index (χ0n) is 11.2. The summed E-state index contributed by atoms with van der Waals surface area (Å²) in [7, 11) is 2.05. The van der Waals surface area contributed by atoms with E-state index in [9.17, 15) is 0 Å². The lowest BCUT2D eigenvalue weighted by Gasteiger charge is -2.34. The molecule has 1 aromatic carbocycles. The normalized spacial score (nSPS) is 16.5. The summed E-state index contributed by atoms with van der Waals surface area (Å²) in [5.41, 5.74) is 4.11. The molecule has 0 aliphatic carbocycles. The first-order valence-corrected chi connectivity index (χ1v) is 6.64. The van der Waals surface area contributed by atoms with Gasteiger partial charge in [0, 0.05) is 30.2 Å². The molecule has 0 fully saturated rings. The highest BCUT2D eigenvalue weighted by molar-refractivity contribution is 7.80. The summed E-state index contributed by atoms with van der Waals surface area (Å²) < 4.78 is 7.82. The van der Waals surface area contributed by atoms with Gasteiger partial charge in [-0.15, -0.1) is 0 Å². The molecule has 3 nitrogen and oxygen atoms in total. The van der Waals surface area contributed by atoms with Crippen molar-refractivity contribution < 1.29 is 4.74 Å². The van der Waals surface area contributed by atoms with Gasteiger partial charge in [0.05, 0.1) is 0 Å². The zero-order valence-corrected chi connectivity index (χ0v) is 12.0. The molecule has 19 heavy (non-hydrogen) atoms. The number of benzene rings is 1. The third-order valence-corrected chi connectivity index (χ3v) is 3.68. The quantitative estimate of drug-likeness (QED) is 0.802. The predicted molar refractivity (Wildman–Crippen MR) is 81.2 cm³/mol. The smallest absolute Gasteiger partial charge is 0.262 e. The van der Waals surface area contributed by atoms with E-state index in [1.54, 1.807) is 0 Å². The van der Waals surface area contributed by atoms with Crippen molar-refractivity contribution >= 4 is 23.1 Å². The van der Waals surface area contributed by atoms with Crippen molar-refractivity contribution in [3.05, 3.63) is 42.1 Å². The summed E-state index contributed by atoms with van der Waals surface area (Å²) in [4.78, 5) is 0. The minimum atomic E-state index is -0.404. The van der Waals surface area contributed by atoms with Crippen LogP contribution in [0.5, 0.6) is 0 Å². The van der Waals surface area contributed by atoms with Crippen molar-refractivity contribution in [3.63, 3.8) is 0 Å². The van der Waals surface area contributed by atoms with E-state index in [-0.39, 0.29) is 0 Å². The summed E-state index contributed by atoms with van der Waals surface area (Å²) in [6.45, 7) is 4.07. The lowest BCUT2D eigenvalue weighted by atomic mass is 9.92. The Hall–Kier alpha value is -1.81. The topological polar surface area (TPSA) is 26.2 Å². The molecule has 2 aromatic rings. The highest BCUT2D eigenvalue weighted by Crippen LogP contribution is 2.38. The first-order valence-electron chi connectivity index (χ1n) is 6.23. The van der Waals surface area contributed by atoms with Gasteiger partial charge in [-0.1, -0.05) is 6.07 Å². The van der Waals surface area contributed by atoms with E-state index in [2.05, 4.69) is 34.1 Å². The second-order valence-electron chi connectivity index (χ2n) is 5.29. The fourth-order valence-corrected chi connectivity index (χ4v) is 2.81. The largest absolute Gasteiger partial charge is 0.460 e. The Labute approximate surface area is 118 Å². The highest BCUT2D eigenvalue weighted by Gasteiger charge is 2.31. The van der Waals surface area contributed by atoms with Gasteiger partial charge in [0.1, 0.15) is 5.60 Å². The van der Waals surface area contributed by atoms with E-state index in [1.165, 1.54) is 11.3 Å². The third-order valence-electron chi connectivity index (χ3n) is 3.49. The van der Waals surface area contributed by atoms with Gasteiger partial charge in [-0.25, -0.2) is 0 Å². The number of hydrogen-bond acceptors (Lipinski definition) is 2. The van der Waals surface area contributed by atoms with E-state index in [0.717, 1.165) is 11.3 Å². The Bertz CT molecular complexity index is 658. The lowest BCUT2D eigenvalue weighted by Crippen LogP contribution is -2.34. The fourth-order valence-electron chi connectivity index (χ4n) is 2.49. The molecule has 0 saturated carbocycles. The number of nitrogens with zero attached hydrogens (tertiary/aromatic N) is 1. The number of thiocarbonyl (C=S) groups is 1. The molecule has 0 amide bonds. The van der Waals surface area contributed by atoms with Gasteiger partial charge < -0.3 is 14.6 Å². The van der Waals surface area contributed by atoms with E-state index < -0.39 is 5.60 Å². The first kappa shape index (κ1) is 12.2. The molecule has 0 spiro atoms. The lowest BCUT2D eigenvalue weighted by molar-refractivity contribution is 0.0947. The van der Waals surface area contributed by atoms with Crippen LogP contribution in [0.1, 0.15) is 19.4 Å². The third kappa shape index (κ3) is 2.02. The summed E-state index contributed by atoms with van der Waals surface area (Å²) in [5, 5.41) is 3.54. The van der Waals surface area contributed by atoms with Crippen LogP contribution in [0.25, 0.3) is 11.3 Å². The van der Waals surface area contributed by atoms with Gasteiger partial charge in [-0.2, -0.15) is 0 Å². The van der Waals surface area contributed by atoms with Crippen LogP contribution < -0.4 is 5.32 Å². The van der Waals surface area contributed by atoms with Crippen LogP contribution in [0.15, 0.2) is 36.5 Å². The second kappa shape index (κ2) is 4.10. The Morgan fingerprint density at radius 2 is 2.05 bits per heavy atom. The van der Waals surface area contributed by atoms with Crippen LogP contribution >= 0.6 is 12.2 Å². The first-order chi connectivity index (χ1) is 8.97. The van der Waals surface area contributed by atoms with Crippen molar-refractivity contribution in [2.75, 3.05) is 5.32 Å². The number of aryl methyl sites for hydroxylation is 1. The number of rotatable bonds is 1. The molecule has 1 N–H and O–H groups in total. The Morgan fingerprint density at radius 3 is 2.74 bits per heavy atom. The van der Waals surface area contributed by atoms with Crippen molar-refractivity contribution in [3.8, 4) is 11.3 Å². The number of anilines is 1. The average molecular weight is 272 g/mol. The molecule has 0 bridgehead atoms. The van der Waals surface area contributed by atoms with Crippen LogP contribution in [0.2, 0.25) is 0 Å². The van der Waals surface area contributed by atoms with Gasteiger partial charge in [0.2, 0.25) is 0 Å². The minimum absolute atomic E-state index is 0.404. The molecule has 0 atom stereocenters. The summed E-state index contributed by atoms with van der Waals surface area (Å²) in [6.07, 6.45) is 2.05. The number of hydrogen-bond donors (Lipinski definition) is 1. The molecule has 3 rings (SSSR count). The van der Waals surface area contributed by atoms with E-state index in [1.807, 2.05) is 33.2 Å². The van der Waals surface area contributed by atoms with Crippen LogP contribution in [0.3, 0.4) is 0 Å². The molecule has 2 heterocycles. The maximum Gasteiger partial charge on any atom is 0.262 e. The molecule has 0 radical (unpaired) electrons. The number of aromatic nitrogens is 1. The van der Waals surface area contributed by atoms with Crippen LogP contribution in [0, 0.1) is 0 Å². The summed E-state index contributed by atoms with van der Waals surface area (Å²) in [5.74, 6) is 0. The molecule has 98 valence electrons. The Balaban J connectivity index is 2.14. The van der Waals surface area contributed by atoms with Crippen LogP contribution in [-0.4, -0.2) is 9.74 Å². The van der Waals surface area contributed by atoms with Crippen molar-refractivity contribution in [1.82, 2.24) is 4.57 Å². The monoisotopic (exact) mass is 272 g/mol. The summed E-state index contributed by atoms with van der Waals surface area (Å²) >= 11 is 5.13. The van der Waals surface area contributed by atoms with Crippen LogP contribution in [0.4, 0.5) is 5.69 Å². The van der Waals surface area contributed by atoms with E-state index in [4.69, 9.17) is 17.0 Å². The van der Waals surface area contributed by atoms with E-state index >= 15 is 0 Å². The van der Waals surface area contributed by atoms with Gasteiger partial charge in [0.15, 0.2) is 0 Å². The molecule has 4 heteroatoms. The Morgan fingerprint density at radius 1 is 1.26 bits per heavy atom. The molecule has 1 aliphatic rings. The van der Waals surface area contributed by atoms with Crippen molar-refractivity contribution in [1.29, 1.82) is 0 Å². The van der Waals surface area contributed by atoms with E-state index in [0.29, 0.717) is 5.17 Å². The fraction of sp³-hybridized carbons (Fsp3) is 0.267. The van der Waals surface area contributed by atoms with Gasteiger partial charge in [-0.05, 0) is 55.9 Å². The second-order valence-corrected chi connectivity index (χ2v) is 5.66. The SMILES string of the molecule is Cn1cccc1-c1ccc2c(c1)C(C)(C)OC(=S)N2. The van der Waals surface area contributed by atoms with Crippen molar-refractivity contribution in [2.45, 2.75) is 19.4 Å². The molecular weight excluding hydrogens is 256 g/mol. The maximum absolute atomic E-state index is 5.72. The highest BCUT2D eigenvalue weighted by atomic mass is 32.1. The standard InChI is InChI=1S/C15H16N2OS/c1-15(2)11-9-10(13-5-4-8-17(13)3)6-7-12(11)16-14(19)18-15/h4-9H,1-3H3,(H,16,19). The van der Waals surface area contributed by atoms with Gasteiger partial charge >= 0.3 is 0 Å². The molecule has 1 aliphatic heterocycles. The molecule has 0 unspecified atom stereocenters. The van der Waals surface area contributed by atoms with Crippen molar-refractivity contribution in [2.24, 2.45) is 7.05 Å². The van der Waals surface area contributed by atoms with Gasteiger partial charge in [0.25, 0.3) is 5.17 Å². The molecule has 1 aromatic heterocycles. The number of ether oxygens (including phenoxy) is 1. The zero-order chi connectivity index (χ0) is 13.6. The average Bonchev–Trinajstić information content (AvgIpc) is 2.74. The predicted octanol–water partition coefficient (Wildman–Crippen LogP) is 3.65. The molecule has 0 saturated heterocycles. The summed E-state index contributed by atoms with van der Waals surface area (Å²) in [6, 6.07) is 10.5. The molecular formula is C15H16N2OS. The minimum Gasteiger partial charge on any atom is -0.460 e. The maximum atomic E-state index is 5.72. The van der Waals surface area contributed by atoms with Crippen LogP contribution in [-0.2, 0) is 17.4 Å². The number of fused-ring (bicyclic) bond motifs is 1. The number of nitrogens with one attached hydrogen (secondary N) is 1.